The summed E-state index contributed by atoms with van der Waals surface area (Å²) < 4.78 is 5.12. The highest BCUT2D eigenvalue weighted by molar-refractivity contribution is 6.36. The van der Waals surface area contributed by atoms with Crippen LogP contribution in [0.3, 0.4) is 0 Å². The molecule has 7 nitrogen and oxygen atoms in total. The standard InChI is InChI=1S/C14H6ClNO6/c15-7-2-9(13(18)19)16-8-3-11-6(1-5(7)8)10(17)4-12(22-11)14(20)21/h1-4H,(H,18,19)(H,20,21). The Morgan fingerprint density at radius 2 is 1.77 bits per heavy atom. The lowest BCUT2D eigenvalue weighted by Crippen LogP contribution is -2.07. The molecule has 22 heavy (non-hydrogen) atoms. The Morgan fingerprint density at radius 1 is 1.05 bits per heavy atom. The number of aromatic carboxylic acids is 2. The lowest BCUT2D eigenvalue weighted by molar-refractivity contribution is 0.0660. The molecule has 0 aliphatic heterocycles. The molecule has 0 spiro atoms. The second-order valence-corrected chi connectivity index (χ2v) is 4.85. The summed E-state index contributed by atoms with van der Waals surface area (Å²) in [5, 5.41) is 18.5. The second kappa shape index (κ2) is 4.81. The van der Waals surface area contributed by atoms with Crippen molar-refractivity contribution in [1.82, 2.24) is 4.98 Å². The molecule has 0 radical (unpaired) electrons. The van der Waals surface area contributed by atoms with E-state index >= 15 is 0 Å². The Balaban J connectivity index is 2.43. The zero-order chi connectivity index (χ0) is 16.0. The number of halogens is 1. The SMILES string of the molecule is O=C(O)c1cc(Cl)c2cc3c(=O)cc(C(=O)O)oc3cc2n1. The summed E-state index contributed by atoms with van der Waals surface area (Å²) in [6.07, 6.45) is 0. The monoisotopic (exact) mass is 319 g/mol. The van der Waals surface area contributed by atoms with Crippen molar-refractivity contribution >= 4 is 45.4 Å². The normalized spacial score (nSPS) is 11.0. The van der Waals surface area contributed by atoms with Gasteiger partial charge in [-0.3, -0.25) is 4.79 Å². The third-order valence-corrected chi connectivity index (χ3v) is 3.35. The van der Waals surface area contributed by atoms with Gasteiger partial charge in [0.2, 0.25) is 5.76 Å². The van der Waals surface area contributed by atoms with Crippen LogP contribution in [-0.4, -0.2) is 27.1 Å². The van der Waals surface area contributed by atoms with E-state index in [1.54, 1.807) is 0 Å². The molecule has 0 aliphatic rings. The van der Waals surface area contributed by atoms with E-state index in [-0.39, 0.29) is 27.2 Å². The van der Waals surface area contributed by atoms with Gasteiger partial charge < -0.3 is 14.6 Å². The van der Waals surface area contributed by atoms with Gasteiger partial charge in [-0.05, 0) is 12.1 Å². The summed E-state index contributed by atoms with van der Waals surface area (Å²) in [5.74, 6) is -3.16. The van der Waals surface area contributed by atoms with E-state index in [0.29, 0.717) is 5.39 Å². The molecule has 0 fully saturated rings. The number of rotatable bonds is 2. The molecule has 0 aliphatic carbocycles. The number of pyridine rings is 1. The van der Waals surface area contributed by atoms with Crippen LogP contribution in [0, 0.1) is 0 Å². The van der Waals surface area contributed by atoms with Gasteiger partial charge in [0.15, 0.2) is 5.43 Å². The van der Waals surface area contributed by atoms with E-state index < -0.39 is 23.1 Å². The molecule has 0 amide bonds. The maximum atomic E-state index is 12.0. The molecule has 3 rings (SSSR count). The van der Waals surface area contributed by atoms with Crippen LogP contribution in [0.4, 0.5) is 0 Å². The Labute approximate surface area is 126 Å². The smallest absolute Gasteiger partial charge is 0.371 e. The van der Waals surface area contributed by atoms with Gasteiger partial charge in [-0.2, -0.15) is 0 Å². The third kappa shape index (κ3) is 2.17. The molecule has 2 aromatic heterocycles. The first kappa shape index (κ1) is 14.0. The second-order valence-electron chi connectivity index (χ2n) is 4.44. The van der Waals surface area contributed by atoms with Gasteiger partial charge in [-0.25, -0.2) is 14.6 Å². The highest BCUT2D eigenvalue weighted by Gasteiger charge is 2.15. The Kier molecular flexibility index (Phi) is 3.07. The van der Waals surface area contributed by atoms with Crippen molar-refractivity contribution in [2.45, 2.75) is 0 Å². The minimum Gasteiger partial charge on any atom is -0.477 e. The highest BCUT2D eigenvalue weighted by Crippen LogP contribution is 2.27. The van der Waals surface area contributed by atoms with Crippen molar-refractivity contribution in [2.75, 3.05) is 0 Å². The van der Waals surface area contributed by atoms with E-state index in [4.69, 9.17) is 26.2 Å². The highest BCUT2D eigenvalue weighted by atomic mass is 35.5. The Morgan fingerprint density at radius 3 is 2.41 bits per heavy atom. The van der Waals surface area contributed by atoms with Crippen LogP contribution in [0.5, 0.6) is 0 Å². The average Bonchev–Trinajstić information content (AvgIpc) is 2.45. The molecule has 2 heterocycles. The zero-order valence-corrected chi connectivity index (χ0v) is 11.4. The van der Waals surface area contributed by atoms with Gasteiger partial charge in [-0.15, -0.1) is 0 Å². The summed E-state index contributed by atoms with van der Waals surface area (Å²) in [6, 6.07) is 4.72. The Bertz CT molecular complexity index is 1020. The predicted molar refractivity (Wildman–Crippen MR) is 76.7 cm³/mol. The van der Waals surface area contributed by atoms with Gasteiger partial charge in [0.25, 0.3) is 0 Å². The molecular weight excluding hydrogens is 314 g/mol. The summed E-state index contributed by atoms with van der Waals surface area (Å²) >= 11 is 6.01. The molecule has 110 valence electrons. The number of aromatic nitrogens is 1. The first-order valence-corrected chi connectivity index (χ1v) is 6.29. The van der Waals surface area contributed by atoms with E-state index in [9.17, 15) is 14.4 Å². The maximum Gasteiger partial charge on any atom is 0.371 e. The Hall–Kier alpha value is -2.93. The van der Waals surface area contributed by atoms with E-state index in [0.717, 1.165) is 6.07 Å². The van der Waals surface area contributed by atoms with Gasteiger partial charge in [0.05, 0.1) is 15.9 Å². The average molecular weight is 320 g/mol. The zero-order valence-electron chi connectivity index (χ0n) is 10.7. The van der Waals surface area contributed by atoms with Gasteiger partial charge >= 0.3 is 11.9 Å². The van der Waals surface area contributed by atoms with Crippen molar-refractivity contribution < 1.29 is 24.2 Å². The fraction of sp³-hybridized carbons (Fsp3) is 0. The minimum absolute atomic E-state index is 0.0106. The van der Waals surface area contributed by atoms with Gasteiger partial charge in [0.1, 0.15) is 11.3 Å². The molecule has 0 atom stereocenters. The summed E-state index contributed by atoms with van der Waals surface area (Å²) in [4.78, 5) is 37.7. The summed E-state index contributed by atoms with van der Waals surface area (Å²) in [6.45, 7) is 0. The maximum absolute atomic E-state index is 12.0. The number of hydrogen-bond donors (Lipinski definition) is 2. The number of carboxylic acid groups (broad SMARTS) is 2. The molecule has 0 saturated carbocycles. The fourth-order valence-electron chi connectivity index (χ4n) is 2.05. The van der Waals surface area contributed by atoms with Crippen LogP contribution in [-0.2, 0) is 0 Å². The quantitative estimate of drug-likeness (QED) is 0.696. The van der Waals surface area contributed by atoms with Crippen molar-refractivity contribution in [3.8, 4) is 0 Å². The topological polar surface area (TPSA) is 118 Å². The molecule has 8 heteroatoms. The minimum atomic E-state index is -1.38. The van der Waals surface area contributed by atoms with Crippen molar-refractivity contribution in [3.05, 3.63) is 51.0 Å². The molecular formula is C14H6ClNO6. The number of hydrogen-bond acceptors (Lipinski definition) is 5. The van der Waals surface area contributed by atoms with Gasteiger partial charge in [0, 0.05) is 17.5 Å². The molecule has 2 N–H and O–H groups in total. The summed E-state index contributed by atoms with van der Waals surface area (Å²) in [5.41, 5.74) is -0.640. The molecule has 0 unspecified atom stereocenters. The number of nitrogens with zero attached hydrogens (tertiary/aromatic N) is 1. The van der Waals surface area contributed by atoms with E-state index in [1.165, 1.54) is 18.2 Å². The van der Waals surface area contributed by atoms with Crippen LogP contribution >= 0.6 is 11.6 Å². The van der Waals surface area contributed by atoms with E-state index in [1.807, 2.05) is 0 Å². The van der Waals surface area contributed by atoms with Crippen molar-refractivity contribution in [3.63, 3.8) is 0 Å². The number of benzene rings is 1. The summed E-state index contributed by atoms with van der Waals surface area (Å²) in [7, 11) is 0. The molecule has 0 saturated heterocycles. The lowest BCUT2D eigenvalue weighted by atomic mass is 10.1. The molecule has 0 bridgehead atoms. The fourth-order valence-corrected chi connectivity index (χ4v) is 2.30. The van der Waals surface area contributed by atoms with Crippen LogP contribution in [0.1, 0.15) is 21.0 Å². The molecule has 3 aromatic rings. The number of carbonyl (C=O) groups is 2. The van der Waals surface area contributed by atoms with Crippen molar-refractivity contribution in [2.24, 2.45) is 0 Å². The van der Waals surface area contributed by atoms with E-state index in [2.05, 4.69) is 4.98 Å². The largest absolute Gasteiger partial charge is 0.477 e. The lowest BCUT2D eigenvalue weighted by Gasteiger charge is -2.05. The van der Waals surface area contributed by atoms with Gasteiger partial charge in [-0.1, -0.05) is 11.6 Å². The van der Waals surface area contributed by atoms with Crippen LogP contribution in [0.15, 0.2) is 33.5 Å². The molecule has 1 aromatic carbocycles. The van der Waals surface area contributed by atoms with Crippen LogP contribution in [0.25, 0.3) is 21.9 Å². The third-order valence-electron chi connectivity index (χ3n) is 3.04. The number of carboxylic acids is 2. The first-order valence-electron chi connectivity index (χ1n) is 5.91. The van der Waals surface area contributed by atoms with Crippen molar-refractivity contribution in [1.29, 1.82) is 0 Å². The first-order chi connectivity index (χ1) is 10.4. The van der Waals surface area contributed by atoms with Crippen LogP contribution < -0.4 is 5.43 Å². The number of fused-ring (bicyclic) bond motifs is 2. The predicted octanol–water partition coefficient (Wildman–Crippen LogP) is 2.39. The van der Waals surface area contributed by atoms with Crippen LogP contribution in [0.2, 0.25) is 5.02 Å².